The van der Waals surface area contributed by atoms with Crippen LogP contribution in [0.5, 0.6) is 5.75 Å². The third kappa shape index (κ3) is 1.96. The van der Waals surface area contributed by atoms with Crippen LogP contribution in [-0.4, -0.2) is 16.7 Å². The predicted molar refractivity (Wildman–Crippen MR) is 78.1 cm³/mol. The number of imidazole rings is 1. The van der Waals surface area contributed by atoms with E-state index >= 15 is 0 Å². The number of halogens is 1. The molecule has 19 heavy (non-hydrogen) atoms. The van der Waals surface area contributed by atoms with Crippen molar-refractivity contribution in [2.45, 2.75) is 0 Å². The second kappa shape index (κ2) is 4.59. The first-order valence-electron chi connectivity index (χ1n) is 5.74. The molecule has 0 aliphatic rings. The van der Waals surface area contributed by atoms with E-state index in [9.17, 15) is 4.79 Å². The summed E-state index contributed by atoms with van der Waals surface area (Å²) in [6.07, 6.45) is 0. The SMILES string of the molecule is COc1cccc2[nH]c(=O)n(-c3cccc(Br)c3)c12. The van der Waals surface area contributed by atoms with Crippen molar-refractivity contribution in [2.24, 2.45) is 0 Å². The number of aromatic amines is 1. The van der Waals surface area contributed by atoms with Gasteiger partial charge in [-0.3, -0.25) is 4.57 Å². The molecule has 0 radical (unpaired) electrons. The van der Waals surface area contributed by atoms with Crippen molar-refractivity contribution < 1.29 is 4.74 Å². The smallest absolute Gasteiger partial charge is 0.331 e. The molecule has 0 bridgehead atoms. The molecule has 0 unspecified atom stereocenters. The van der Waals surface area contributed by atoms with E-state index in [0.29, 0.717) is 5.75 Å². The lowest BCUT2D eigenvalue weighted by Crippen LogP contribution is -2.14. The number of hydrogen-bond acceptors (Lipinski definition) is 2. The van der Waals surface area contributed by atoms with E-state index in [2.05, 4.69) is 20.9 Å². The summed E-state index contributed by atoms with van der Waals surface area (Å²) in [5.74, 6) is 0.663. The Bertz CT molecular complexity index is 805. The molecule has 1 N–H and O–H groups in total. The summed E-state index contributed by atoms with van der Waals surface area (Å²) < 4.78 is 7.87. The lowest BCUT2D eigenvalue weighted by molar-refractivity contribution is 0.418. The van der Waals surface area contributed by atoms with Crippen molar-refractivity contribution in [1.82, 2.24) is 9.55 Å². The van der Waals surface area contributed by atoms with E-state index in [0.717, 1.165) is 21.2 Å². The van der Waals surface area contributed by atoms with Crippen LogP contribution in [-0.2, 0) is 0 Å². The minimum absolute atomic E-state index is 0.183. The van der Waals surface area contributed by atoms with Gasteiger partial charge in [0, 0.05) is 4.47 Å². The molecule has 0 atom stereocenters. The van der Waals surface area contributed by atoms with E-state index in [1.165, 1.54) is 0 Å². The van der Waals surface area contributed by atoms with E-state index < -0.39 is 0 Å². The average molecular weight is 319 g/mol. The number of para-hydroxylation sites is 1. The minimum Gasteiger partial charge on any atom is -0.494 e. The third-order valence-corrected chi connectivity index (χ3v) is 3.45. The van der Waals surface area contributed by atoms with Crippen LogP contribution in [0.1, 0.15) is 0 Å². The van der Waals surface area contributed by atoms with Gasteiger partial charge in [0.25, 0.3) is 0 Å². The van der Waals surface area contributed by atoms with Crippen molar-refractivity contribution in [2.75, 3.05) is 7.11 Å². The zero-order chi connectivity index (χ0) is 13.4. The van der Waals surface area contributed by atoms with Gasteiger partial charge < -0.3 is 9.72 Å². The molecule has 0 aliphatic heterocycles. The van der Waals surface area contributed by atoms with E-state index in [4.69, 9.17) is 4.74 Å². The molecular weight excluding hydrogens is 308 g/mol. The monoisotopic (exact) mass is 318 g/mol. The summed E-state index contributed by atoms with van der Waals surface area (Å²) in [5, 5.41) is 0. The van der Waals surface area contributed by atoms with Crippen molar-refractivity contribution in [3.63, 3.8) is 0 Å². The molecule has 0 saturated heterocycles. The van der Waals surface area contributed by atoms with Crippen molar-refractivity contribution >= 4 is 27.0 Å². The van der Waals surface area contributed by atoms with Crippen LogP contribution in [0.3, 0.4) is 0 Å². The van der Waals surface area contributed by atoms with Gasteiger partial charge in [0.1, 0.15) is 11.3 Å². The number of methoxy groups -OCH3 is 1. The highest BCUT2D eigenvalue weighted by atomic mass is 79.9. The number of aromatic nitrogens is 2. The number of fused-ring (bicyclic) bond motifs is 1. The summed E-state index contributed by atoms with van der Waals surface area (Å²) in [7, 11) is 1.59. The Morgan fingerprint density at radius 3 is 2.74 bits per heavy atom. The highest BCUT2D eigenvalue weighted by Gasteiger charge is 2.12. The number of ether oxygens (including phenoxy) is 1. The fraction of sp³-hybridized carbons (Fsp3) is 0.0714. The largest absolute Gasteiger partial charge is 0.494 e. The fourth-order valence-corrected chi connectivity index (χ4v) is 2.54. The Morgan fingerprint density at radius 1 is 1.21 bits per heavy atom. The Morgan fingerprint density at radius 2 is 2.00 bits per heavy atom. The second-order valence-corrected chi connectivity index (χ2v) is 5.02. The van der Waals surface area contributed by atoms with Gasteiger partial charge >= 0.3 is 5.69 Å². The van der Waals surface area contributed by atoms with Crippen LogP contribution >= 0.6 is 15.9 Å². The number of rotatable bonds is 2. The zero-order valence-corrected chi connectivity index (χ0v) is 11.8. The van der Waals surface area contributed by atoms with Gasteiger partial charge in [0.15, 0.2) is 0 Å². The molecule has 4 nitrogen and oxygen atoms in total. The predicted octanol–water partition coefficient (Wildman–Crippen LogP) is 3.09. The van der Waals surface area contributed by atoms with Gasteiger partial charge in [-0.2, -0.15) is 0 Å². The molecule has 0 aliphatic carbocycles. The van der Waals surface area contributed by atoms with Crippen LogP contribution in [0.2, 0.25) is 0 Å². The summed E-state index contributed by atoms with van der Waals surface area (Å²) in [4.78, 5) is 15.0. The van der Waals surface area contributed by atoms with Gasteiger partial charge in [-0.25, -0.2) is 4.79 Å². The first kappa shape index (κ1) is 12.0. The van der Waals surface area contributed by atoms with Crippen molar-refractivity contribution in [3.05, 3.63) is 57.4 Å². The van der Waals surface area contributed by atoms with Crippen LogP contribution in [0, 0.1) is 0 Å². The van der Waals surface area contributed by atoms with Crippen molar-refractivity contribution in [3.8, 4) is 11.4 Å². The molecule has 0 fully saturated rings. The quantitative estimate of drug-likeness (QED) is 0.789. The second-order valence-electron chi connectivity index (χ2n) is 4.10. The molecule has 0 spiro atoms. The number of benzene rings is 2. The molecule has 5 heteroatoms. The maximum absolute atomic E-state index is 12.2. The van der Waals surface area contributed by atoms with Gasteiger partial charge in [0.05, 0.1) is 18.3 Å². The molecule has 2 aromatic carbocycles. The molecular formula is C14H11BrN2O2. The Hall–Kier alpha value is -2.01. The number of nitrogens with zero attached hydrogens (tertiary/aromatic N) is 1. The zero-order valence-electron chi connectivity index (χ0n) is 10.2. The standard InChI is InChI=1S/C14H11BrN2O2/c1-19-12-7-3-6-11-13(12)17(14(18)16-11)10-5-2-4-9(15)8-10/h2-8H,1H3,(H,16,18). The fourth-order valence-electron chi connectivity index (χ4n) is 2.15. The summed E-state index contributed by atoms with van der Waals surface area (Å²) in [5.41, 5.74) is 2.10. The minimum atomic E-state index is -0.183. The molecule has 0 amide bonds. The number of hydrogen-bond donors (Lipinski definition) is 1. The summed E-state index contributed by atoms with van der Waals surface area (Å²) >= 11 is 3.42. The Kier molecular flexibility index (Phi) is 2.91. The summed E-state index contributed by atoms with van der Waals surface area (Å²) in [6, 6.07) is 13.1. The molecule has 1 heterocycles. The van der Waals surface area contributed by atoms with E-state index in [1.807, 2.05) is 42.5 Å². The number of nitrogens with one attached hydrogen (secondary N) is 1. The first-order valence-corrected chi connectivity index (χ1v) is 6.53. The topological polar surface area (TPSA) is 47.0 Å². The van der Waals surface area contributed by atoms with Crippen LogP contribution < -0.4 is 10.4 Å². The Labute approximate surface area is 117 Å². The van der Waals surface area contributed by atoms with Crippen LogP contribution in [0.15, 0.2) is 51.7 Å². The highest BCUT2D eigenvalue weighted by Crippen LogP contribution is 2.26. The van der Waals surface area contributed by atoms with Gasteiger partial charge in [-0.15, -0.1) is 0 Å². The number of H-pyrrole nitrogens is 1. The first-order chi connectivity index (χ1) is 9.20. The Balaban J connectivity index is 2.40. The molecule has 96 valence electrons. The molecule has 3 rings (SSSR count). The highest BCUT2D eigenvalue weighted by molar-refractivity contribution is 9.10. The normalized spacial score (nSPS) is 10.8. The lowest BCUT2D eigenvalue weighted by atomic mass is 10.2. The van der Waals surface area contributed by atoms with Gasteiger partial charge in [0.2, 0.25) is 0 Å². The van der Waals surface area contributed by atoms with Crippen molar-refractivity contribution in [1.29, 1.82) is 0 Å². The van der Waals surface area contributed by atoms with Gasteiger partial charge in [-0.1, -0.05) is 28.1 Å². The average Bonchev–Trinajstić information content (AvgIpc) is 2.74. The maximum Gasteiger partial charge on any atom is 0.331 e. The van der Waals surface area contributed by atoms with Crippen LogP contribution in [0.25, 0.3) is 16.7 Å². The summed E-state index contributed by atoms with van der Waals surface area (Å²) in [6.45, 7) is 0. The van der Waals surface area contributed by atoms with Crippen LogP contribution in [0.4, 0.5) is 0 Å². The maximum atomic E-state index is 12.2. The molecule has 1 aromatic heterocycles. The molecule has 0 saturated carbocycles. The third-order valence-electron chi connectivity index (χ3n) is 2.95. The van der Waals surface area contributed by atoms with E-state index in [1.54, 1.807) is 11.7 Å². The lowest BCUT2D eigenvalue weighted by Gasteiger charge is -2.07. The molecule has 3 aromatic rings. The van der Waals surface area contributed by atoms with E-state index in [-0.39, 0.29) is 5.69 Å². The van der Waals surface area contributed by atoms with Gasteiger partial charge in [-0.05, 0) is 30.3 Å².